The van der Waals surface area contributed by atoms with Crippen LogP contribution in [0.2, 0.25) is 0 Å². The number of halogens is 2. The topological polar surface area (TPSA) is 131 Å². The number of urea groups is 1. The summed E-state index contributed by atoms with van der Waals surface area (Å²) in [5.74, 6) is -3.22. The first-order chi connectivity index (χ1) is 18.8. The molecule has 2 saturated carbocycles. The van der Waals surface area contributed by atoms with Crippen molar-refractivity contribution in [3.8, 4) is 0 Å². The maximum absolute atomic E-state index is 14.0. The predicted octanol–water partition coefficient (Wildman–Crippen LogP) is 3.98. The maximum Gasteiger partial charge on any atom is 0.317 e. The van der Waals surface area contributed by atoms with Gasteiger partial charge < -0.3 is 15.5 Å². The second-order valence-electron chi connectivity index (χ2n) is 11.2. The van der Waals surface area contributed by atoms with Crippen molar-refractivity contribution in [3.05, 3.63) is 41.1 Å². The molecule has 0 bridgehead atoms. The number of rotatable bonds is 7. The van der Waals surface area contributed by atoms with Gasteiger partial charge in [-0.2, -0.15) is 5.10 Å². The fourth-order valence-electron chi connectivity index (χ4n) is 5.62. The summed E-state index contributed by atoms with van der Waals surface area (Å²) in [5.41, 5.74) is 2.58. The van der Waals surface area contributed by atoms with Gasteiger partial charge in [0.15, 0.2) is 11.3 Å². The molecule has 13 heteroatoms. The molecule has 3 aromatic rings. The van der Waals surface area contributed by atoms with E-state index in [-0.39, 0.29) is 55.3 Å². The summed E-state index contributed by atoms with van der Waals surface area (Å²) in [5, 5.41) is 18.2. The Morgan fingerprint density at radius 2 is 2.03 bits per heavy atom. The molecule has 39 heavy (non-hydrogen) atoms. The lowest BCUT2D eigenvalue weighted by molar-refractivity contribution is -0.0495. The quantitative estimate of drug-likeness (QED) is 0.462. The van der Waals surface area contributed by atoms with E-state index in [1.54, 1.807) is 21.8 Å². The first kappa shape index (κ1) is 25.6. The van der Waals surface area contributed by atoms with E-state index in [0.29, 0.717) is 30.1 Å². The molecular weight excluding hydrogens is 510 g/mol. The molecule has 0 radical (unpaired) electrons. The molecule has 208 valence electrons. The lowest BCUT2D eigenvalue weighted by Crippen LogP contribution is -2.40. The van der Waals surface area contributed by atoms with Gasteiger partial charge in [-0.05, 0) is 68.2 Å². The van der Waals surface area contributed by atoms with E-state index in [2.05, 4.69) is 26.0 Å². The highest BCUT2D eigenvalue weighted by Crippen LogP contribution is 2.42. The normalized spacial score (nSPS) is 22.9. The number of amides is 3. The van der Waals surface area contributed by atoms with E-state index in [4.69, 9.17) is 9.61 Å². The zero-order chi connectivity index (χ0) is 27.1. The summed E-state index contributed by atoms with van der Waals surface area (Å²) in [6.07, 6.45) is 7.12. The molecule has 3 aliphatic rings. The minimum Gasteiger partial charge on any atom is -0.342 e. The van der Waals surface area contributed by atoms with Gasteiger partial charge in [0.1, 0.15) is 5.69 Å². The SMILES string of the molecule is C[C@@H]1CCCN(Cc2cnn3cc(C(NC(=O)c4nonc4C4CC4)C4CCC(F)(F)CC4)nc3c2)C(=O)N1. The van der Waals surface area contributed by atoms with Crippen molar-refractivity contribution in [3.63, 3.8) is 0 Å². The minimum absolute atomic E-state index is 0.103. The van der Waals surface area contributed by atoms with E-state index >= 15 is 0 Å². The van der Waals surface area contributed by atoms with Gasteiger partial charge in [-0.3, -0.25) is 4.79 Å². The number of fused-ring (bicyclic) bond motifs is 1. The predicted molar refractivity (Wildman–Crippen MR) is 134 cm³/mol. The molecule has 6 rings (SSSR count). The van der Waals surface area contributed by atoms with Gasteiger partial charge in [0.05, 0.1) is 24.1 Å². The van der Waals surface area contributed by atoms with Crippen LogP contribution in [0.1, 0.15) is 97.7 Å². The monoisotopic (exact) mass is 542 g/mol. The summed E-state index contributed by atoms with van der Waals surface area (Å²) in [7, 11) is 0. The zero-order valence-electron chi connectivity index (χ0n) is 21.8. The fourth-order valence-corrected chi connectivity index (χ4v) is 5.62. The smallest absolute Gasteiger partial charge is 0.317 e. The number of alkyl halides is 2. The van der Waals surface area contributed by atoms with E-state index in [0.717, 1.165) is 31.2 Å². The van der Waals surface area contributed by atoms with Crippen molar-refractivity contribution >= 4 is 17.6 Å². The average Bonchev–Trinajstić information content (AvgIpc) is 3.51. The first-order valence-electron chi connectivity index (χ1n) is 13.7. The fraction of sp³-hybridized carbons (Fsp3) is 0.615. The van der Waals surface area contributed by atoms with Crippen LogP contribution >= 0.6 is 0 Å². The lowest BCUT2D eigenvalue weighted by atomic mass is 9.81. The zero-order valence-corrected chi connectivity index (χ0v) is 21.8. The van der Waals surface area contributed by atoms with Gasteiger partial charge in [0.2, 0.25) is 5.92 Å². The molecule has 3 amide bonds. The molecule has 2 atom stereocenters. The maximum atomic E-state index is 14.0. The molecule has 0 aromatic carbocycles. The Hall–Kier alpha value is -3.64. The van der Waals surface area contributed by atoms with Crippen LogP contribution in [-0.4, -0.2) is 60.3 Å². The van der Waals surface area contributed by atoms with Crippen LogP contribution in [0.4, 0.5) is 13.6 Å². The number of imidazole rings is 1. The summed E-state index contributed by atoms with van der Waals surface area (Å²) in [4.78, 5) is 32.3. The molecule has 11 nitrogen and oxygen atoms in total. The summed E-state index contributed by atoms with van der Waals surface area (Å²) < 4.78 is 34.4. The number of nitrogens with one attached hydrogen (secondary N) is 2. The molecule has 1 unspecified atom stereocenters. The van der Waals surface area contributed by atoms with Crippen LogP contribution < -0.4 is 10.6 Å². The lowest BCUT2D eigenvalue weighted by Gasteiger charge is -2.33. The molecule has 0 spiro atoms. The van der Waals surface area contributed by atoms with Crippen LogP contribution in [0.25, 0.3) is 5.65 Å². The molecule has 3 aromatic heterocycles. The number of carbonyl (C=O) groups is 2. The van der Waals surface area contributed by atoms with Gasteiger partial charge in [-0.25, -0.2) is 27.7 Å². The second-order valence-corrected chi connectivity index (χ2v) is 11.2. The van der Waals surface area contributed by atoms with Crippen molar-refractivity contribution in [2.24, 2.45) is 5.92 Å². The van der Waals surface area contributed by atoms with Crippen LogP contribution in [0.5, 0.6) is 0 Å². The number of carbonyl (C=O) groups excluding carboxylic acids is 2. The molecular formula is C26H32F2N8O3. The van der Waals surface area contributed by atoms with Crippen molar-refractivity contribution in [2.75, 3.05) is 6.54 Å². The summed E-state index contributed by atoms with van der Waals surface area (Å²) in [6, 6.07) is 1.28. The van der Waals surface area contributed by atoms with E-state index < -0.39 is 17.9 Å². The molecule has 2 N–H and O–H groups in total. The number of hydrogen-bond donors (Lipinski definition) is 2. The van der Waals surface area contributed by atoms with Crippen LogP contribution in [0.15, 0.2) is 23.1 Å². The highest BCUT2D eigenvalue weighted by atomic mass is 19.3. The minimum atomic E-state index is -2.70. The molecule has 3 fully saturated rings. The van der Waals surface area contributed by atoms with Gasteiger partial charge in [-0.1, -0.05) is 5.16 Å². The Morgan fingerprint density at radius 1 is 1.23 bits per heavy atom. The third-order valence-corrected chi connectivity index (χ3v) is 8.02. The standard InChI is InChI=1S/C26H32F2N8O3/c1-15-3-2-10-35(25(38)30-15)13-16-11-20-31-19(14-36(20)29-12-16)21(18-6-8-26(27,28)9-7-18)32-24(37)23-22(17-4-5-17)33-39-34-23/h11-12,14-15,17-18,21H,2-10,13H2,1H3,(H,30,38)(H,32,37)/t15-,21?/m1/s1. The van der Waals surface area contributed by atoms with Crippen LogP contribution in [0.3, 0.4) is 0 Å². The average molecular weight is 543 g/mol. The third kappa shape index (κ3) is 5.57. The van der Waals surface area contributed by atoms with Gasteiger partial charge in [0.25, 0.3) is 5.91 Å². The largest absolute Gasteiger partial charge is 0.342 e. The molecule has 1 aliphatic heterocycles. The van der Waals surface area contributed by atoms with Crippen LogP contribution in [0, 0.1) is 5.92 Å². The number of nitrogens with zero attached hydrogens (tertiary/aromatic N) is 6. The Morgan fingerprint density at radius 3 is 2.79 bits per heavy atom. The van der Waals surface area contributed by atoms with Crippen molar-refractivity contribution in [1.82, 2.24) is 40.4 Å². The Balaban J connectivity index is 1.25. The van der Waals surface area contributed by atoms with Crippen molar-refractivity contribution < 1.29 is 23.0 Å². The Labute approximate surface area is 223 Å². The highest BCUT2D eigenvalue weighted by molar-refractivity contribution is 5.93. The van der Waals surface area contributed by atoms with Crippen molar-refractivity contribution in [2.45, 2.75) is 88.8 Å². The van der Waals surface area contributed by atoms with Gasteiger partial charge in [-0.15, -0.1) is 0 Å². The van der Waals surface area contributed by atoms with Gasteiger partial charge in [0, 0.05) is 37.9 Å². The molecule has 4 heterocycles. The number of aromatic nitrogens is 5. The number of hydrogen-bond acceptors (Lipinski definition) is 7. The molecule has 1 saturated heterocycles. The third-order valence-electron chi connectivity index (χ3n) is 8.02. The Kier molecular flexibility index (Phi) is 6.67. The van der Waals surface area contributed by atoms with E-state index in [1.165, 1.54) is 0 Å². The first-order valence-corrected chi connectivity index (χ1v) is 13.7. The van der Waals surface area contributed by atoms with Crippen molar-refractivity contribution in [1.29, 1.82) is 0 Å². The van der Waals surface area contributed by atoms with E-state index in [1.807, 2.05) is 13.0 Å². The van der Waals surface area contributed by atoms with E-state index in [9.17, 15) is 18.4 Å². The summed E-state index contributed by atoms with van der Waals surface area (Å²) >= 11 is 0. The Bertz CT molecular complexity index is 1360. The summed E-state index contributed by atoms with van der Waals surface area (Å²) in [6.45, 7) is 3.04. The van der Waals surface area contributed by atoms with Gasteiger partial charge >= 0.3 is 6.03 Å². The molecule has 2 aliphatic carbocycles. The van der Waals surface area contributed by atoms with Crippen LogP contribution in [-0.2, 0) is 6.54 Å². The second kappa shape index (κ2) is 10.2. The highest BCUT2D eigenvalue weighted by Gasteiger charge is 2.40.